The zero-order chi connectivity index (χ0) is 18.3. The van der Waals surface area contributed by atoms with Gasteiger partial charge in [0.15, 0.2) is 0 Å². The molecule has 0 radical (unpaired) electrons. The van der Waals surface area contributed by atoms with E-state index in [1.54, 1.807) is 36.2 Å². The van der Waals surface area contributed by atoms with Crippen molar-refractivity contribution in [2.75, 3.05) is 29.9 Å². The second kappa shape index (κ2) is 6.25. The van der Waals surface area contributed by atoms with Gasteiger partial charge in [-0.2, -0.15) is 0 Å². The summed E-state index contributed by atoms with van der Waals surface area (Å²) in [5, 5.41) is 4.03. The van der Waals surface area contributed by atoms with E-state index in [1.165, 1.54) is 12.1 Å². The van der Waals surface area contributed by atoms with Crippen molar-refractivity contribution in [3.63, 3.8) is 0 Å². The number of nitrogens with zero attached hydrogens (tertiary/aromatic N) is 4. The number of aryl methyl sites for hydroxylation is 1. The number of aromatic nitrogens is 2. The first kappa shape index (κ1) is 16.3. The minimum atomic E-state index is -0.333. The number of likely N-dealkylation sites (N-methyl/N-ethyl adjacent to an activating group) is 1. The van der Waals surface area contributed by atoms with E-state index in [1.807, 2.05) is 18.0 Å². The molecule has 0 N–H and O–H groups in total. The Kier molecular flexibility index (Phi) is 3.91. The van der Waals surface area contributed by atoms with Gasteiger partial charge in [-0.1, -0.05) is 11.2 Å². The van der Waals surface area contributed by atoms with Gasteiger partial charge < -0.3 is 14.3 Å². The van der Waals surface area contributed by atoms with Crippen molar-refractivity contribution in [1.29, 1.82) is 0 Å². The molecule has 0 spiro atoms. The van der Waals surface area contributed by atoms with Crippen molar-refractivity contribution in [3.8, 4) is 11.4 Å². The van der Waals surface area contributed by atoms with E-state index in [9.17, 15) is 9.18 Å². The van der Waals surface area contributed by atoms with Crippen LogP contribution in [0.3, 0.4) is 0 Å². The summed E-state index contributed by atoms with van der Waals surface area (Å²) in [5.41, 5.74) is 2.70. The number of halogens is 1. The first-order chi connectivity index (χ1) is 12.6. The number of hydrogen-bond acceptors (Lipinski definition) is 5. The lowest BCUT2D eigenvalue weighted by molar-refractivity contribution is 0.0985. The normalized spacial score (nSPS) is 13.7. The Morgan fingerprint density at radius 1 is 1.19 bits per heavy atom. The third-order valence-corrected chi connectivity index (χ3v) is 4.53. The van der Waals surface area contributed by atoms with Gasteiger partial charge in [0.2, 0.25) is 0 Å². The zero-order valence-corrected chi connectivity index (χ0v) is 14.4. The Labute approximate surface area is 149 Å². The van der Waals surface area contributed by atoms with Gasteiger partial charge in [0.1, 0.15) is 22.8 Å². The molecule has 0 aliphatic carbocycles. The SMILES string of the molecule is Cc1onc(-c2ccccn2)c1C(=O)N1CCN(C)c2cc(F)ccc21. The molecule has 0 atom stereocenters. The Morgan fingerprint density at radius 3 is 2.81 bits per heavy atom. The fraction of sp³-hybridized carbons (Fsp3) is 0.211. The summed E-state index contributed by atoms with van der Waals surface area (Å²) in [6.45, 7) is 2.79. The number of carbonyl (C=O) groups excluding carboxylic acids is 1. The van der Waals surface area contributed by atoms with E-state index in [-0.39, 0.29) is 11.7 Å². The van der Waals surface area contributed by atoms with Crippen LogP contribution in [-0.2, 0) is 0 Å². The van der Waals surface area contributed by atoms with Crippen LogP contribution in [0.5, 0.6) is 0 Å². The second-order valence-electron chi connectivity index (χ2n) is 6.19. The van der Waals surface area contributed by atoms with E-state index in [0.29, 0.717) is 47.2 Å². The van der Waals surface area contributed by atoms with Gasteiger partial charge in [-0.25, -0.2) is 4.39 Å². The lowest BCUT2D eigenvalue weighted by atomic mass is 10.1. The Hall–Kier alpha value is -3.22. The molecule has 0 unspecified atom stereocenters. The highest BCUT2D eigenvalue weighted by atomic mass is 19.1. The van der Waals surface area contributed by atoms with Crippen molar-refractivity contribution in [2.45, 2.75) is 6.92 Å². The average molecular weight is 352 g/mol. The third-order valence-electron chi connectivity index (χ3n) is 4.53. The molecular weight excluding hydrogens is 335 g/mol. The van der Waals surface area contributed by atoms with Gasteiger partial charge in [-0.15, -0.1) is 0 Å². The third kappa shape index (κ3) is 2.61. The maximum atomic E-state index is 13.7. The summed E-state index contributed by atoms with van der Waals surface area (Å²) in [6.07, 6.45) is 1.64. The molecule has 7 heteroatoms. The van der Waals surface area contributed by atoms with Gasteiger partial charge in [-0.05, 0) is 37.3 Å². The number of carbonyl (C=O) groups is 1. The van der Waals surface area contributed by atoms with Crippen LogP contribution < -0.4 is 9.80 Å². The van der Waals surface area contributed by atoms with Gasteiger partial charge in [0.25, 0.3) is 5.91 Å². The number of amides is 1. The molecule has 4 rings (SSSR count). The van der Waals surface area contributed by atoms with Crippen LogP contribution in [0, 0.1) is 12.7 Å². The number of pyridine rings is 1. The summed E-state index contributed by atoms with van der Waals surface area (Å²) in [6, 6.07) is 9.83. The molecule has 1 aliphatic rings. The molecule has 6 nitrogen and oxygen atoms in total. The quantitative estimate of drug-likeness (QED) is 0.708. The lowest BCUT2D eigenvalue weighted by Gasteiger charge is -2.35. The molecule has 0 saturated carbocycles. The minimum Gasteiger partial charge on any atom is -0.371 e. The molecule has 2 aromatic heterocycles. The summed E-state index contributed by atoms with van der Waals surface area (Å²) in [7, 11) is 1.88. The standard InChI is InChI=1S/C19H17FN4O2/c1-12-17(18(22-26-12)14-5-3-4-8-21-14)19(25)24-10-9-23(2)16-11-13(20)6-7-15(16)24/h3-8,11H,9-10H2,1-2H3. The van der Waals surface area contributed by atoms with E-state index < -0.39 is 0 Å². The molecule has 26 heavy (non-hydrogen) atoms. The van der Waals surface area contributed by atoms with Crippen molar-refractivity contribution < 1.29 is 13.7 Å². The van der Waals surface area contributed by atoms with Crippen molar-refractivity contribution in [1.82, 2.24) is 10.1 Å². The van der Waals surface area contributed by atoms with Gasteiger partial charge in [0.05, 0.1) is 17.1 Å². The summed E-state index contributed by atoms with van der Waals surface area (Å²) in [4.78, 5) is 21.2. The average Bonchev–Trinajstić information content (AvgIpc) is 3.04. The van der Waals surface area contributed by atoms with Crippen LogP contribution in [0.15, 0.2) is 47.1 Å². The molecule has 1 aliphatic heterocycles. The first-order valence-corrected chi connectivity index (χ1v) is 8.26. The lowest BCUT2D eigenvalue weighted by Crippen LogP contribution is -2.43. The van der Waals surface area contributed by atoms with Gasteiger partial charge >= 0.3 is 0 Å². The number of fused-ring (bicyclic) bond motifs is 1. The van der Waals surface area contributed by atoms with Gasteiger partial charge in [-0.3, -0.25) is 9.78 Å². The maximum absolute atomic E-state index is 13.7. The van der Waals surface area contributed by atoms with E-state index in [0.717, 1.165) is 0 Å². The largest absolute Gasteiger partial charge is 0.371 e. The molecule has 0 fully saturated rings. The van der Waals surface area contributed by atoms with E-state index in [2.05, 4.69) is 10.1 Å². The molecule has 3 heterocycles. The van der Waals surface area contributed by atoms with Gasteiger partial charge in [0, 0.05) is 26.3 Å². The Balaban J connectivity index is 1.79. The predicted molar refractivity (Wildman–Crippen MR) is 95.8 cm³/mol. The fourth-order valence-corrected chi connectivity index (χ4v) is 3.17. The highest BCUT2D eigenvalue weighted by molar-refractivity contribution is 6.11. The number of hydrogen-bond donors (Lipinski definition) is 0. The van der Waals surface area contributed by atoms with E-state index in [4.69, 9.17) is 4.52 Å². The number of rotatable bonds is 2. The molecule has 3 aromatic rings. The topological polar surface area (TPSA) is 62.5 Å². The van der Waals surface area contributed by atoms with Crippen molar-refractivity contribution >= 4 is 17.3 Å². The highest BCUT2D eigenvalue weighted by Crippen LogP contribution is 2.35. The first-order valence-electron chi connectivity index (χ1n) is 8.26. The second-order valence-corrected chi connectivity index (χ2v) is 6.19. The maximum Gasteiger partial charge on any atom is 0.264 e. The number of anilines is 2. The molecular formula is C19H17FN4O2. The molecule has 1 aromatic carbocycles. The smallest absolute Gasteiger partial charge is 0.264 e. The Morgan fingerprint density at radius 2 is 2.04 bits per heavy atom. The van der Waals surface area contributed by atoms with E-state index >= 15 is 0 Å². The zero-order valence-electron chi connectivity index (χ0n) is 14.4. The van der Waals surface area contributed by atoms with Crippen molar-refractivity contribution in [3.05, 3.63) is 59.7 Å². The predicted octanol–water partition coefficient (Wildman–Crippen LogP) is 3.28. The molecule has 0 bridgehead atoms. The van der Waals surface area contributed by atoms with Crippen molar-refractivity contribution in [2.24, 2.45) is 0 Å². The minimum absolute atomic E-state index is 0.231. The summed E-state index contributed by atoms with van der Waals surface area (Å²) >= 11 is 0. The summed E-state index contributed by atoms with van der Waals surface area (Å²) in [5.74, 6) is -0.135. The fourth-order valence-electron chi connectivity index (χ4n) is 3.17. The van der Waals surface area contributed by atoms with Crippen LogP contribution in [0.4, 0.5) is 15.8 Å². The van der Waals surface area contributed by atoms with Crippen LogP contribution in [0.25, 0.3) is 11.4 Å². The molecule has 1 amide bonds. The number of benzene rings is 1. The highest BCUT2D eigenvalue weighted by Gasteiger charge is 2.31. The molecule has 0 saturated heterocycles. The van der Waals surface area contributed by atoms with Crippen LogP contribution >= 0.6 is 0 Å². The Bertz CT molecular complexity index is 971. The van der Waals surface area contributed by atoms with Crippen LogP contribution in [0.2, 0.25) is 0 Å². The summed E-state index contributed by atoms with van der Waals surface area (Å²) < 4.78 is 18.9. The van der Waals surface area contributed by atoms with Crippen LogP contribution in [-0.4, -0.2) is 36.2 Å². The van der Waals surface area contributed by atoms with Crippen LogP contribution in [0.1, 0.15) is 16.1 Å². The monoisotopic (exact) mass is 352 g/mol. The molecule has 132 valence electrons.